The molecule has 1 unspecified atom stereocenters. The fraction of sp³-hybridized carbons (Fsp3) is 0.588. The van der Waals surface area contributed by atoms with E-state index in [0.717, 1.165) is 24.9 Å². The Hall–Kier alpha value is -1.55. The van der Waals surface area contributed by atoms with Crippen LogP contribution in [0.4, 0.5) is 5.69 Å². The highest BCUT2D eigenvalue weighted by atomic mass is 16.2. The number of amides is 1. The number of hydrogen-bond acceptors (Lipinski definition) is 3. The molecule has 0 saturated carbocycles. The van der Waals surface area contributed by atoms with E-state index < -0.39 is 0 Å². The van der Waals surface area contributed by atoms with Crippen molar-refractivity contribution in [1.29, 1.82) is 0 Å². The van der Waals surface area contributed by atoms with Gasteiger partial charge in [0.05, 0.1) is 6.54 Å². The summed E-state index contributed by atoms with van der Waals surface area (Å²) in [5, 5.41) is 3.11. The SMILES string of the molecule is CCC(C)(C)NC(=O)CN1c2ccccc2CCC1CN. The van der Waals surface area contributed by atoms with Gasteiger partial charge in [-0.15, -0.1) is 0 Å². The van der Waals surface area contributed by atoms with Crippen molar-refractivity contribution < 1.29 is 4.79 Å². The van der Waals surface area contributed by atoms with E-state index in [0.29, 0.717) is 13.1 Å². The number of nitrogens with two attached hydrogens (primary N) is 1. The van der Waals surface area contributed by atoms with Crippen molar-refractivity contribution in [2.24, 2.45) is 5.73 Å². The molecule has 21 heavy (non-hydrogen) atoms. The second kappa shape index (κ2) is 6.48. The molecule has 0 spiro atoms. The number of nitrogens with one attached hydrogen (secondary N) is 1. The minimum Gasteiger partial charge on any atom is -0.358 e. The van der Waals surface area contributed by atoms with E-state index in [4.69, 9.17) is 5.73 Å². The third-order valence-corrected chi connectivity index (χ3v) is 4.44. The number of para-hydroxylation sites is 1. The van der Waals surface area contributed by atoms with E-state index in [1.807, 2.05) is 6.07 Å². The third-order valence-electron chi connectivity index (χ3n) is 4.44. The zero-order valence-corrected chi connectivity index (χ0v) is 13.4. The quantitative estimate of drug-likeness (QED) is 0.872. The molecule has 4 nitrogen and oxygen atoms in total. The molecule has 0 saturated heterocycles. The molecule has 2 rings (SSSR count). The Labute approximate surface area is 127 Å². The van der Waals surface area contributed by atoms with Crippen molar-refractivity contribution in [2.75, 3.05) is 18.0 Å². The first kappa shape index (κ1) is 15.8. The molecular formula is C17H27N3O. The molecule has 4 heteroatoms. The number of hydrogen-bond donors (Lipinski definition) is 2. The van der Waals surface area contributed by atoms with Crippen LogP contribution in [0.3, 0.4) is 0 Å². The number of benzene rings is 1. The van der Waals surface area contributed by atoms with Crippen LogP contribution in [-0.2, 0) is 11.2 Å². The van der Waals surface area contributed by atoms with Crippen LogP contribution >= 0.6 is 0 Å². The molecule has 1 aliphatic heterocycles. The topological polar surface area (TPSA) is 58.4 Å². The third kappa shape index (κ3) is 3.76. The lowest BCUT2D eigenvalue weighted by molar-refractivity contribution is -0.121. The minimum atomic E-state index is -0.162. The van der Waals surface area contributed by atoms with Gasteiger partial charge in [-0.2, -0.15) is 0 Å². The van der Waals surface area contributed by atoms with E-state index >= 15 is 0 Å². The number of rotatable bonds is 5. The standard InChI is InChI=1S/C17H27N3O/c1-4-17(2,3)19-16(21)12-20-14(11-18)10-9-13-7-5-6-8-15(13)20/h5-8,14H,4,9-12,18H2,1-3H3,(H,19,21). The second-order valence-corrected chi connectivity index (χ2v) is 6.47. The Bertz CT molecular complexity index is 499. The van der Waals surface area contributed by atoms with Crippen molar-refractivity contribution in [1.82, 2.24) is 5.32 Å². The lowest BCUT2D eigenvalue weighted by atomic mass is 9.95. The normalized spacial score (nSPS) is 18.3. The van der Waals surface area contributed by atoms with Gasteiger partial charge < -0.3 is 16.0 Å². The van der Waals surface area contributed by atoms with Crippen molar-refractivity contribution in [3.05, 3.63) is 29.8 Å². The van der Waals surface area contributed by atoms with Crippen LogP contribution in [0.25, 0.3) is 0 Å². The Balaban J connectivity index is 2.15. The number of fused-ring (bicyclic) bond motifs is 1. The number of carbonyl (C=O) groups is 1. The number of anilines is 1. The molecule has 1 aliphatic rings. The zero-order chi connectivity index (χ0) is 15.5. The lowest BCUT2D eigenvalue weighted by Gasteiger charge is -2.38. The van der Waals surface area contributed by atoms with Crippen LogP contribution in [0.15, 0.2) is 24.3 Å². The molecule has 116 valence electrons. The molecule has 1 heterocycles. The molecule has 1 aromatic rings. The van der Waals surface area contributed by atoms with Gasteiger partial charge in [0.1, 0.15) is 0 Å². The van der Waals surface area contributed by atoms with E-state index in [2.05, 4.69) is 49.2 Å². The van der Waals surface area contributed by atoms with Gasteiger partial charge in [0.25, 0.3) is 0 Å². The minimum absolute atomic E-state index is 0.0667. The van der Waals surface area contributed by atoms with Gasteiger partial charge in [-0.1, -0.05) is 25.1 Å². The van der Waals surface area contributed by atoms with E-state index in [-0.39, 0.29) is 17.5 Å². The van der Waals surface area contributed by atoms with E-state index in [1.54, 1.807) is 0 Å². The molecule has 0 aromatic heterocycles. The maximum absolute atomic E-state index is 12.4. The highest BCUT2D eigenvalue weighted by Crippen LogP contribution is 2.29. The van der Waals surface area contributed by atoms with Gasteiger partial charge in [-0.3, -0.25) is 4.79 Å². The summed E-state index contributed by atoms with van der Waals surface area (Å²) in [6, 6.07) is 8.56. The molecular weight excluding hydrogens is 262 g/mol. The first-order chi connectivity index (χ1) is 9.96. The van der Waals surface area contributed by atoms with Crippen LogP contribution in [0.1, 0.15) is 39.2 Å². The Morgan fingerprint density at radius 2 is 2.14 bits per heavy atom. The Morgan fingerprint density at radius 3 is 2.81 bits per heavy atom. The molecule has 0 radical (unpaired) electrons. The number of aryl methyl sites for hydroxylation is 1. The van der Waals surface area contributed by atoms with Gasteiger partial charge in [-0.05, 0) is 44.7 Å². The molecule has 1 amide bonds. The smallest absolute Gasteiger partial charge is 0.239 e. The van der Waals surface area contributed by atoms with Gasteiger partial charge >= 0.3 is 0 Å². The monoisotopic (exact) mass is 289 g/mol. The number of carbonyl (C=O) groups excluding carboxylic acids is 1. The molecule has 1 aromatic carbocycles. The molecule has 0 bridgehead atoms. The molecule has 0 aliphatic carbocycles. The van der Waals surface area contributed by atoms with Crippen LogP contribution in [0.5, 0.6) is 0 Å². The van der Waals surface area contributed by atoms with Crippen LogP contribution in [0.2, 0.25) is 0 Å². The summed E-state index contributed by atoms with van der Waals surface area (Å²) in [7, 11) is 0. The first-order valence-electron chi connectivity index (χ1n) is 7.82. The Morgan fingerprint density at radius 1 is 1.43 bits per heavy atom. The van der Waals surface area contributed by atoms with Crippen molar-refractivity contribution in [3.8, 4) is 0 Å². The summed E-state index contributed by atoms with van der Waals surface area (Å²) >= 11 is 0. The van der Waals surface area contributed by atoms with Gasteiger partial charge in [0, 0.05) is 23.8 Å². The summed E-state index contributed by atoms with van der Waals surface area (Å²) in [5.74, 6) is 0.0667. The fourth-order valence-electron chi connectivity index (χ4n) is 2.80. The maximum Gasteiger partial charge on any atom is 0.239 e. The predicted octanol–water partition coefficient (Wildman–Crippen LogP) is 2.07. The van der Waals surface area contributed by atoms with Crippen molar-refractivity contribution in [2.45, 2.75) is 51.6 Å². The lowest BCUT2D eigenvalue weighted by Crippen LogP contribution is -2.52. The van der Waals surface area contributed by atoms with Gasteiger partial charge in [0.15, 0.2) is 0 Å². The molecule has 0 fully saturated rings. The summed E-state index contributed by atoms with van der Waals surface area (Å²) < 4.78 is 0. The highest BCUT2D eigenvalue weighted by Gasteiger charge is 2.28. The summed E-state index contributed by atoms with van der Waals surface area (Å²) in [5.41, 5.74) is 8.21. The van der Waals surface area contributed by atoms with Crippen LogP contribution in [0, 0.1) is 0 Å². The predicted molar refractivity (Wildman–Crippen MR) is 87.5 cm³/mol. The van der Waals surface area contributed by atoms with Crippen molar-refractivity contribution in [3.63, 3.8) is 0 Å². The maximum atomic E-state index is 12.4. The average molecular weight is 289 g/mol. The van der Waals surface area contributed by atoms with Crippen LogP contribution in [-0.4, -0.2) is 30.6 Å². The summed E-state index contributed by atoms with van der Waals surface area (Å²) in [4.78, 5) is 14.5. The summed E-state index contributed by atoms with van der Waals surface area (Å²) in [6.07, 6.45) is 2.96. The zero-order valence-electron chi connectivity index (χ0n) is 13.4. The van der Waals surface area contributed by atoms with E-state index in [9.17, 15) is 4.79 Å². The van der Waals surface area contributed by atoms with Crippen LogP contribution < -0.4 is 16.0 Å². The van der Waals surface area contributed by atoms with Crippen molar-refractivity contribution >= 4 is 11.6 Å². The highest BCUT2D eigenvalue weighted by molar-refractivity contribution is 5.82. The first-order valence-corrected chi connectivity index (χ1v) is 7.82. The van der Waals surface area contributed by atoms with Gasteiger partial charge in [-0.25, -0.2) is 0 Å². The molecule has 1 atom stereocenters. The largest absolute Gasteiger partial charge is 0.358 e. The summed E-state index contributed by atoms with van der Waals surface area (Å²) in [6.45, 7) is 7.14. The van der Waals surface area contributed by atoms with Gasteiger partial charge in [0.2, 0.25) is 5.91 Å². The number of nitrogens with zero attached hydrogens (tertiary/aromatic N) is 1. The Kier molecular flexibility index (Phi) is 4.88. The second-order valence-electron chi connectivity index (χ2n) is 6.47. The molecule has 3 N–H and O–H groups in total. The fourth-order valence-corrected chi connectivity index (χ4v) is 2.80. The average Bonchev–Trinajstić information content (AvgIpc) is 2.47. The van der Waals surface area contributed by atoms with E-state index in [1.165, 1.54) is 5.56 Å².